The van der Waals surface area contributed by atoms with Gasteiger partial charge in [-0.3, -0.25) is 4.79 Å². The van der Waals surface area contributed by atoms with E-state index in [0.717, 1.165) is 23.4 Å². The standard InChI is InChI=1S/C21H18ClF3N2O/c1-15-2-8-18(22)14-19(15)26-10-12-27(13-11-26)20(28)9-5-16-3-6-17(7-4-16)21(23,24)25/h2-4,6-8,14H,10-13H2,1H3. The highest BCUT2D eigenvalue weighted by atomic mass is 35.5. The zero-order valence-electron chi connectivity index (χ0n) is 15.2. The third-order valence-corrected chi connectivity index (χ3v) is 4.84. The quantitative estimate of drug-likeness (QED) is 0.657. The fourth-order valence-corrected chi connectivity index (χ4v) is 3.19. The Morgan fingerprint density at radius 1 is 1.04 bits per heavy atom. The lowest BCUT2D eigenvalue weighted by molar-refractivity contribution is -0.137. The van der Waals surface area contributed by atoms with Crippen LogP contribution >= 0.6 is 11.6 Å². The summed E-state index contributed by atoms with van der Waals surface area (Å²) in [5, 5.41) is 0.668. The molecule has 7 heteroatoms. The molecular formula is C21H18ClF3N2O. The topological polar surface area (TPSA) is 23.6 Å². The Labute approximate surface area is 166 Å². The van der Waals surface area contributed by atoms with Gasteiger partial charge in [0.1, 0.15) is 0 Å². The summed E-state index contributed by atoms with van der Waals surface area (Å²) in [6, 6.07) is 10.2. The lowest BCUT2D eigenvalue weighted by Gasteiger charge is -2.36. The van der Waals surface area contributed by atoms with Crippen molar-refractivity contribution in [2.24, 2.45) is 0 Å². The monoisotopic (exact) mass is 406 g/mol. The van der Waals surface area contributed by atoms with Crippen molar-refractivity contribution in [1.82, 2.24) is 4.90 Å². The fourth-order valence-electron chi connectivity index (χ4n) is 3.02. The van der Waals surface area contributed by atoms with E-state index in [0.29, 0.717) is 36.8 Å². The molecule has 3 rings (SSSR count). The molecule has 0 spiro atoms. The molecule has 146 valence electrons. The molecule has 0 atom stereocenters. The summed E-state index contributed by atoms with van der Waals surface area (Å²) in [6.45, 7) is 4.38. The number of rotatable bonds is 1. The number of carbonyl (C=O) groups is 1. The fraction of sp³-hybridized carbons (Fsp3) is 0.286. The smallest absolute Gasteiger partial charge is 0.368 e. The number of nitrogens with zero attached hydrogens (tertiary/aromatic N) is 2. The zero-order valence-corrected chi connectivity index (χ0v) is 15.9. The molecule has 0 aromatic heterocycles. The van der Waals surface area contributed by atoms with Crippen LogP contribution in [0.4, 0.5) is 18.9 Å². The molecule has 0 bridgehead atoms. The van der Waals surface area contributed by atoms with Crippen LogP contribution in [0.3, 0.4) is 0 Å². The summed E-state index contributed by atoms with van der Waals surface area (Å²) in [7, 11) is 0. The van der Waals surface area contributed by atoms with Gasteiger partial charge in [0.2, 0.25) is 0 Å². The highest BCUT2D eigenvalue weighted by Crippen LogP contribution is 2.29. The minimum absolute atomic E-state index is 0.331. The van der Waals surface area contributed by atoms with Crippen molar-refractivity contribution in [2.45, 2.75) is 13.1 Å². The van der Waals surface area contributed by atoms with Crippen LogP contribution in [0, 0.1) is 18.8 Å². The number of aryl methyl sites for hydroxylation is 1. The molecule has 0 radical (unpaired) electrons. The summed E-state index contributed by atoms with van der Waals surface area (Å²) >= 11 is 6.08. The molecule has 2 aromatic rings. The van der Waals surface area contributed by atoms with Crippen molar-refractivity contribution in [3.05, 3.63) is 64.2 Å². The first-order chi connectivity index (χ1) is 13.2. The first-order valence-corrected chi connectivity index (χ1v) is 9.11. The van der Waals surface area contributed by atoms with Gasteiger partial charge in [-0.25, -0.2) is 0 Å². The Bertz CT molecular complexity index is 921. The van der Waals surface area contributed by atoms with Crippen LogP contribution in [-0.4, -0.2) is 37.0 Å². The van der Waals surface area contributed by atoms with Crippen LogP contribution in [0.1, 0.15) is 16.7 Å². The molecule has 28 heavy (non-hydrogen) atoms. The molecule has 0 N–H and O–H groups in total. The maximum atomic E-state index is 12.6. The summed E-state index contributed by atoms with van der Waals surface area (Å²) in [5.74, 6) is 4.83. The molecule has 1 heterocycles. The number of piperazine rings is 1. The lowest BCUT2D eigenvalue weighted by Crippen LogP contribution is -2.48. The third-order valence-electron chi connectivity index (χ3n) is 4.60. The van der Waals surface area contributed by atoms with Crippen LogP contribution in [0.2, 0.25) is 5.02 Å². The first kappa shape index (κ1) is 20.1. The first-order valence-electron chi connectivity index (χ1n) is 8.73. The molecule has 1 saturated heterocycles. The second-order valence-corrected chi connectivity index (χ2v) is 6.97. The van der Waals surface area contributed by atoms with Gasteiger partial charge in [-0.05, 0) is 48.9 Å². The lowest BCUT2D eigenvalue weighted by atomic mass is 10.1. The summed E-state index contributed by atoms with van der Waals surface area (Å²) in [5.41, 5.74) is 1.80. The van der Waals surface area contributed by atoms with Crippen molar-refractivity contribution in [3.63, 3.8) is 0 Å². The summed E-state index contributed by atoms with van der Waals surface area (Å²) < 4.78 is 37.7. The minimum Gasteiger partial charge on any atom is -0.368 e. The molecule has 1 amide bonds. The molecule has 1 aliphatic heterocycles. The van der Waals surface area contributed by atoms with E-state index >= 15 is 0 Å². The highest BCUT2D eigenvalue weighted by molar-refractivity contribution is 6.30. The average Bonchev–Trinajstić information content (AvgIpc) is 2.68. The molecule has 0 aliphatic carbocycles. The molecule has 0 unspecified atom stereocenters. The van der Waals surface area contributed by atoms with E-state index in [9.17, 15) is 18.0 Å². The van der Waals surface area contributed by atoms with E-state index in [1.54, 1.807) is 4.90 Å². The normalized spacial score (nSPS) is 14.5. The van der Waals surface area contributed by atoms with Gasteiger partial charge in [0, 0.05) is 48.4 Å². The number of alkyl halides is 3. The second-order valence-electron chi connectivity index (χ2n) is 6.54. The average molecular weight is 407 g/mol. The van der Waals surface area contributed by atoms with Gasteiger partial charge in [-0.15, -0.1) is 0 Å². The number of carbonyl (C=O) groups excluding carboxylic acids is 1. The number of anilines is 1. The zero-order chi connectivity index (χ0) is 20.3. The molecule has 1 aliphatic rings. The van der Waals surface area contributed by atoms with Crippen LogP contribution in [0.25, 0.3) is 0 Å². The number of halogens is 4. The summed E-state index contributed by atoms with van der Waals surface area (Å²) in [6.07, 6.45) is -4.39. The second kappa shape index (κ2) is 8.15. The number of hydrogen-bond donors (Lipinski definition) is 0. The van der Waals surface area contributed by atoms with Crippen molar-refractivity contribution >= 4 is 23.2 Å². The van der Waals surface area contributed by atoms with E-state index in [1.807, 2.05) is 25.1 Å². The van der Waals surface area contributed by atoms with Crippen molar-refractivity contribution in [3.8, 4) is 11.8 Å². The van der Waals surface area contributed by atoms with E-state index in [4.69, 9.17) is 11.6 Å². The maximum Gasteiger partial charge on any atom is 0.416 e. The predicted molar refractivity (Wildman–Crippen MR) is 103 cm³/mol. The number of hydrogen-bond acceptors (Lipinski definition) is 2. The Balaban J connectivity index is 1.60. The molecular weight excluding hydrogens is 389 g/mol. The molecule has 2 aromatic carbocycles. The van der Waals surface area contributed by atoms with E-state index in [2.05, 4.69) is 16.7 Å². The van der Waals surface area contributed by atoms with Gasteiger partial charge in [-0.2, -0.15) is 13.2 Å². The van der Waals surface area contributed by atoms with Crippen LogP contribution in [-0.2, 0) is 11.0 Å². The molecule has 1 fully saturated rings. The highest BCUT2D eigenvalue weighted by Gasteiger charge is 2.29. The van der Waals surface area contributed by atoms with Gasteiger partial charge in [0.05, 0.1) is 5.56 Å². The number of amides is 1. The van der Waals surface area contributed by atoms with Crippen molar-refractivity contribution in [2.75, 3.05) is 31.1 Å². The van der Waals surface area contributed by atoms with Crippen molar-refractivity contribution in [1.29, 1.82) is 0 Å². The molecule has 3 nitrogen and oxygen atoms in total. The Kier molecular flexibility index (Phi) is 5.85. The Morgan fingerprint density at radius 3 is 2.29 bits per heavy atom. The van der Waals surface area contributed by atoms with Gasteiger partial charge in [0.15, 0.2) is 0 Å². The number of benzene rings is 2. The maximum absolute atomic E-state index is 12.6. The van der Waals surface area contributed by atoms with Gasteiger partial charge in [0.25, 0.3) is 5.91 Å². The summed E-state index contributed by atoms with van der Waals surface area (Å²) in [4.78, 5) is 16.1. The van der Waals surface area contributed by atoms with Crippen LogP contribution in [0.15, 0.2) is 42.5 Å². The molecule has 0 saturated carbocycles. The minimum atomic E-state index is -4.39. The van der Waals surface area contributed by atoms with Gasteiger partial charge < -0.3 is 9.80 Å². The van der Waals surface area contributed by atoms with Crippen LogP contribution < -0.4 is 4.90 Å². The van der Waals surface area contributed by atoms with E-state index in [-0.39, 0.29) is 5.91 Å². The van der Waals surface area contributed by atoms with Crippen molar-refractivity contribution < 1.29 is 18.0 Å². The largest absolute Gasteiger partial charge is 0.416 e. The third kappa shape index (κ3) is 4.79. The van der Waals surface area contributed by atoms with Gasteiger partial charge in [-0.1, -0.05) is 23.6 Å². The van der Waals surface area contributed by atoms with E-state index in [1.165, 1.54) is 12.1 Å². The SMILES string of the molecule is Cc1ccc(Cl)cc1N1CCN(C(=O)C#Cc2ccc(C(F)(F)F)cc2)CC1. The van der Waals surface area contributed by atoms with Gasteiger partial charge >= 0.3 is 6.18 Å². The predicted octanol–water partition coefficient (Wildman–Crippen LogP) is 4.37. The van der Waals surface area contributed by atoms with Crippen LogP contribution in [0.5, 0.6) is 0 Å². The van der Waals surface area contributed by atoms with E-state index < -0.39 is 11.7 Å². The Hall–Kier alpha value is -2.65. The Morgan fingerprint density at radius 2 is 1.68 bits per heavy atom.